The smallest absolute Gasteiger partial charge is 0.225 e. The van der Waals surface area contributed by atoms with Crippen LogP contribution in [0.15, 0.2) is 30.6 Å². The van der Waals surface area contributed by atoms with Crippen LogP contribution in [0.25, 0.3) is 22.0 Å². The van der Waals surface area contributed by atoms with Crippen molar-refractivity contribution in [2.75, 3.05) is 24.3 Å². The topological polar surface area (TPSA) is 109 Å². The quantitative estimate of drug-likeness (QED) is 0.587. The lowest BCUT2D eigenvalue weighted by Gasteiger charge is -2.38. The molecule has 0 saturated carbocycles. The molecular weight excluding hydrogens is 407 g/mol. The molecule has 0 spiro atoms. The molecule has 32 heavy (non-hydrogen) atoms. The highest BCUT2D eigenvalue weighted by atomic mass is 19.1. The zero-order valence-corrected chi connectivity index (χ0v) is 17.9. The molecule has 0 radical (unpaired) electrons. The van der Waals surface area contributed by atoms with Crippen molar-refractivity contribution < 1.29 is 4.39 Å². The van der Waals surface area contributed by atoms with Gasteiger partial charge in [0.05, 0.1) is 24.3 Å². The number of piperidine rings is 1. The molecule has 3 N–H and O–H groups in total. The predicted octanol–water partition coefficient (Wildman–Crippen LogP) is 3.37. The number of nitrogens with two attached hydrogens (primary N) is 1. The normalized spacial score (nSPS) is 22.8. The Kier molecular flexibility index (Phi) is 5.62. The van der Waals surface area contributed by atoms with E-state index in [0.29, 0.717) is 36.3 Å². The van der Waals surface area contributed by atoms with E-state index in [1.165, 1.54) is 12.8 Å². The van der Waals surface area contributed by atoms with E-state index in [4.69, 9.17) is 16.0 Å². The molecule has 2 unspecified atom stereocenters. The van der Waals surface area contributed by atoms with Crippen LogP contribution in [0.2, 0.25) is 0 Å². The number of aromatic nitrogens is 4. The van der Waals surface area contributed by atoms with Gasteiger partial charge in [-0.05, 0) is 43.4 Å². The van der Waals surface area contributed by atoms with Gasteiger partial charge in [0.2, 0.25) is 5.95 Å². The van der Waals surface area contributed by atoms with Crippen LogP contribution in [-0.2, 0) is 6.54 Å². The fourth-order valence-electron chi connectivity index (χ4n) is 5.24. The fourth-order valence-corrected chi connectivity index (χ4v) is 5.24. The van der Waals surface area contributed by atoms with Gasteiger partial charge in [-0.15, -0.1) is 0 Å². The van der Waals surface area contributed by atoms with Crippen LogP contribution in [0.1, 0.15) is 32.1 Å². The van der Waals surface area contributed by atoms with Crippen molar-refractivity contribution in [1.29, 1.82) is 5.26 Å². The molecule has 2 aromatic heterocycles. The maximum absolute atomic E-state index is 12.6. The van der Waals surface area contributed by atoms with Crippen molar-refractivity contribution >= 4 is 22.7 Å². The van der Waals surface area contributed by atoms with Gasteiger partial charge in [0, 0.05) is 48.2 Å². The molecule has 2 bridgehead atoms. The number of nitrogens with one attached hydrogen (secondary N) is 1. The molecule has 2 fully saturated rings. The second-order valence-corrected chi connectivity index (χ2v) is 8.69. The van der Waals surface area contributed by atoms with Crippen LogP contribution in [0.3, 0.4) is 0 Å². The number of halogens is 1. The third kappa shape index (κ3) is 3.98. The number of aryl methyl sites for hydroxylation is 1. The zero-order chi connectivity index (χ0) is 22.1. The molecule has 3 aromatic rings. The van der Waals surface area contributed by atoms with Crippen molar-refractivity contribution in [3.63, 3.8) is 0 Å². The summed E-state index contributed by atoms with van der Waals surface area (Å²) in [7, 11) is 0. The summed E-state index contributed by atoms with van der Waals surface area (Å²) in [5.74, 6) is 1.00. The number of hydrogen-bond acceptors (Lipinski definition) is 7. The maximum atomic E-state index is 12.6. The van der Waals surface area contributed by atoms with Gasteiger partial charge in [-0.3, -0.25) is 9.58 Å². The number of anilines is 2. The summed E-state index contributed by atoms with van der Waals surface area (Å²) in [6.07, 6.45) is 8.58. The first-order chi connectivity index (χ1) is 15.6. The highest BCUT2D eigenvalue weighted by molar-refractivity contribution is 5.92. The Morgan fingerprint density at radius 3 is 2.72 bits per heavy atom. The first-order valence-corrected chi connectivity index (χ1v) is 11.2. The molecule has 0 aliphatic carbocycles. The summed E-state index contributed by atoms with van der Waals surface area (Å²) in [5.41, 5.74) is 8.88. The van der Waals surface area contributed by atoms with E-state index < -0.39 is 6.67 Å². The van der Waals surface area contributed by atoms with Crippen LogP contribution in [0.4, 0.5) is 16.2 Å². The van der Waals surface area contributed by atoms with Gasteiger partial charge in [-0.1, -0.05) is 6.07 Å². The molecule has 1 aromatic carbocycles. The molecule has 5 rings (SSSR count). The SMILES string of the molecule is N#CCCN1C2CCC1CC(Nc1nc(N)c3ccc(-c4cnn(CCF)c4)cc3n1)C2. The first-order valence-electron chi connectivity index (χ1n) is 11.2. The minimum Gasteiger partial charge on any atom is -0.383 e. The Morgan fingerprint density at radius 2 is 1.97 bits per heavy atom. The Balaban J connectivity index is 1.35. The molecule has 2 atom stereocenters. The van der Waals surface area contributed by atoms with Gasteiger partial charge in [-0.25, -0.2) is 9.37 Å². The van der Waals surface area contributed by atoms with Crippen molar-refractivity contribution in [1.82, 2.24) is 24.6 Å². The van der Waals surface area contributed by atoms with E-state index in [9.17, 15) is 4.39 Å². The summed E-state index contributed by atoms with van der Waals surface area (Å²) >= 11 is 0. The molecule has 8 nitrogen and oxygen atoms in total. The van der Waals surface area contributed by atoms with Gasteiger partial charge in [0.15, 0.2) is 0 Å². The number of nitrogen functional groups attached to an aromatic ring is 1. The molecule has 0 amide bonds. The summed E-state index contributed by atoms with van der Waals surface area (Å²) in [5, 5.41) is 17.5. The third-order valence-electron chi connectivity index (χ3n) is 6.71. The highest BCUT2D eigenvalue weighted by Gasteiger charge is 2.40. The summed E-state index contributed by atoms with van der Waals surface area (Å²) in [4.78, 5) is 11.8. The fraction of sp³-hybridized carbons (Fsp3) is 0.478. The average molecular weight is 435 g/mol. The molecule has 4 heterocycles. The second kappa shape index (κ2) is 8.71. The van der Waals surface area contributed by atoms with E-state index in [2.05, 4.69) is 26.4 Å². The van der Waals surface area contributed by atoms with Gasteiger partial charge in [-0.2, -0.15) is 15.3 Å². The number of benzene rings is 1. The molecule has 2 saturated heterocycles. The zero-order valence-electron chi connectivity index (χ0n) is 17.9. The molecule has 2 aliphatic rings. The number of fused-ring (bicyclic) bond motifs is 3. The number of alkyl halides is 1. The van der Waals surface area contributed by atoms with Gasteiger partial charge in [0.25, 0.3) is 0 Å². The predicted molar refractivity (Wildman–Crippen MR) is 122 cm³/mol. The molecule has 9 heteroatoms. The Morgan fingerprint density at radius 1 is 1.16 bits per heavy atom. The average Bonchev–Trinajstić information content (AvgIpc) is 3.34. The third-order valence-corrected chi connectivity index (χ3v) is 6.71. The highest BCUT2D eigenvalue weighted by Crippen LogP contribution is 2.37. The summed E-state index contributed by atoms with van der Waals surface area (Å²) in [6, 6.07) is 9.46. The van der Waals surface area contributed by atoms with E-state index in [1.54, 1.807) is 10.9 Å². The Hall–Kier alpha value is -3.25. The Labute approximate surface area is 186 Å². The second-order valence-electron chi connectivity index (χ2n) is 8.69. The lowest BCUT2D eigenvalue weighted by molar-refractivity contribution is 0.135. The standard InChI is InChI=1S/C23H27FN8/c24-6-9-31-14-16(13-27-31)15-2-5-20-21(10-15)29-23(30-22(20)26)28-17-11-18-3-4-19(12-17)32(18)8-1-7-25/h2,5,10,13-14,17-19H,1,3-4,6,8-9,11-12H2,(H3,26,28,29,30). The van der Waals surface area contributed by atoms with E-state index in [1.807, 2.05) is 24.4 Å². The van der Waals surface area contributed by atoms with Crippen molar-refractivity contribution in [2.24, 2.45) is 0 Å². The number of nitrogens with zero attached hydrogens (tertiary/aromatic N) is 6. The van der Waals surface area contributed by atoms with Crippen molar-refractivity contribution in [3.8, 4) is 17.2 Å². The lowest BCUT2D eigenvalue weighted by atomic mass is 9.97. The van der Waals surface area contributed by atoms with E-state index >= 15 is 0 Å². The van der Waals surface area contributed by atoms with Crippen LogP contribution in [-0.4, -0.2) is 56.0 Å². The maximum Gasteiger partial charge on any atom is 0.225 e. The van der Waals surface area contributed by atoms with Crippen LogP contribution in [0, 0.1) is 11.3 Å². The van der Waals surface area contributed by atoms with Gasteiger partial charge < -0.3 is 11.1 Å². The van der Waals surface area contributed by atoms with Crippen LogP contribution >= 0.6 is 0 Å². The van der Waals surface area contributed by atoms with Crippen molar-refractivity contribution in [2.45, 2.75) is 56.8 Å². The van der Waals surface area contributed by atoms with E-state index in [-0.39, 0.29) is 6.54 Å². The molecule has 2 aliphatic heterocycles. The minimum absolute atomic E-state index is 0.244. The minimum atomic E-state index is -0.448. The van der Waals surface area contributed by atoms with Gasteiger partial charge in [0.1, 0.15) is 12.5 Å². The molecular formula is C23H27FN8. The first kappa shape index (κ1) is 20.6. The van der Waals surface area contributed by atoms with E-state index in [0.717, 1.165) is 41.4 Å². The summed E-state index contributed by atoms with van der Waals surface area (Å²) in [6.45, 7) is 0.660. The number of hydrogen-bond donors (Lipinski definition) is 2. The van der Waals surface area contributed by atoms with Gasteiger partial charge >= 0.3 is 0 Å². The molecule has 166 valence electrons. The largest absolute Gasteiger partial charge is 0.383 e. The lowest BCUT2D eigenvalue weighted by Crippen LogP contribution is -2.47. The number of nitriles is 1. The van der Waals surface area contributed by atoms with Crippen LogP contribution in [0.5, 0.6) is 0 Å². The Bertz CT molecular complexity index is 1140. The monoisotopic (exact) mass is 434 g/mol. The number of rotatable bonds is 7. The van der Waals surface area contributed by atoms with Crippen LogP contribution < -0.4 is 11.1 Å². The summed E-state index contributed by atoms with van der Waals surface area (Å²) < 4.78 is 14.2. The van der Waals surface area contributed by atoms with Crippen molar-refractivity contribution in [3.05, 3.63) is 30.6 Å².